The Balaban J connectivity index is 1.69. The van der Waals surface area contributed by atoms with E-state index in [0.29, 0.717) is 18.5 Å². The highest BCUT2D eigenvalue weighted by Crippen LogP contribution is 2.20. The van der Waals surface area contributed by atoms with E-state index in [4.69, 9.17) is 4.84 Å². The molecule has 142 valence electrons. The molecule has 0 N–H and O–H groups in total. The summed E-state index contributed by atoms with van der Waals surface area (Å²) in [6.45, 7) is 6.34. The molecule has 0 aliphatic carbocycles. The minimum Gasteiger partial charge on any atom is -0.390 e. The average molecular weight is 368 g/mol. The zero-order valence-corrected chi connectivity index (χ0v) is 16.0. The Hall–Kier alpha value is -2.69. The summed E-state index contributed by atoms with van der Waals surface area (Å²) in [6, 6.07) is 14.7. The van der Waals surface area contributed by atoms with Gasteiger partial charge in [-0.05, 0) is 18.6 Å². The lowest BCUT2D eigenvalue weighted by molar-refractivity contribution is -0.137. The molecule has 0 spiro atoms. The summed E-state index contributed by atoms with van der Waals surface area (Å²) in [7, 11) is 0. The van der Waals surface area contributed by atoms with Gasteiger partial charge in [0.1, 0.15) is 5.82 Å². The van der Waals surface area contributed by atoms with Crippen molar-refractivity contribution in [3.63, 3.8) is 0 Å². The molecule has 4 nitrogen and oxygen atoms in total. The average Bonchev–Trinajstić information content (AvgIpc) is 3.11. The van der Waals surface area contributed by atoms with Crippen molar-refractivity contribution in [1.82, 2.24) is 4.90 Å². The number of hydrogen-bond acceptors (Lipinski definition) is 3. The van der Waals surface area contributed by atoms with Crippen molar-refractivity contribution in [2.75, 3.05) is 6.54 Å². The monoisotopic (exact) mass is 368 g/mol. The highest BCUT2D eigenvalue weighted by molar-refractivity contribution is 6.01. The maximum Gasteiger partial charge on any atom is 0.225 e. The third-order valence-corrected chi connectivity index (χ3v) is 4.67. The third-order valence-electron chi connectivity index (χ3n) is 4.67. The van der Waals surface area contributed by atoms with Gasteiger partial charge in [-0.1, -0.05) is 67.0 Å². The number of benzene rings is 2. The van der Waals surface area contributed by atoms with Gasteiger partial charge >= 0.3 is 0 Å². The highest BCUT2D eigenvalue weighted by atomic mass is 19.1. The van der Waals surface area contributed by atoms with Crippen LogP contribution in [0.4, 0.5) is 4.39 Å². The Morgan fingerprint density at radius 1 is 1.22 bits per heavy atom. The SMILES string of the molecule is Cc1ccc(C2=NOC(CN(Cc3ccccc3F)C(=O)C(C)C)C2)cc1. The van der Waals surface area contributed by atoms with E-state index in [9.17, 15) is 9.18 Å². The van der Waals surface area contributed by atoms with Gasteiger partial charge in [-0.3, -0.25) is 4.79 Å². The van der Waals surface area contributed by atoms with E-state index in [2.05, 4.69) is 5.16 Å². The number of nitrogens with zero attached hydrogens (tertiary/aromatic N) is 2. The maximum atomic E-state index is 14.1. The number of rotatable bonds is 6. The summed E-state index contributed by atoms with van der Waals surface area (Å²) in [5.74, 6) is -0.496. The predicted octanol–water partition coefficient (Wildman–Crippen LogP) is 4.31. The van der Waals surface area contributed by atoms with Gasteiger partial charge < -0.3 is 9.74 Å². The molecule has 1 unspecified atom stereocenters. The van der Waals surface area contributed by atoms with E-state index in [-0.39, 0.29) is 30.3 Å². The number of amides is 1. The van der Waals surface area contributed by atoms with E-state index in [1.807, 2.05) is 45.0 Å². The van der Waals surface area contributed by atoms with Crippen molar-refractivity contribution in [3.05, 3.63) is 71.0 Å². The number of oxime groups is 1. The quantitative estimate of drug-likeness (QED) is 0.762. The molecule has 0 fully saturated rings. The van der Waals surface area contributed by atoms with Crippen LogP contribution in [0.15, 0.2) is 53.7 Å². The molecule has 2 aromatic rings. The van der Waals surface area contributed by atoms with Crippen LogP contribution in [0.5, 0.6) is 0 Å². The first kappa shape index (κ1) is 19.1. The number of carbonyl (C=O) groups excluding carboxylic acids is 1. The van der Waals surface area contributed by atoms with Crippen LogP contribution in [0.3, 0.4) is 0 Å². The topological polar surface area (TPSA) is 41.9 Å². The van der Waals surface area contributed by atoms with Crippen molar-refractivity contribution >= 4 is 11.6 Å². The molecule has 3 rings (SSSR count). The molecule has 0 radical (unpaired) electrons. The molecule has 0 saturated heterocycles. The molecule has 27 heavy (non-hydrogen) atoms. The van der Waals surface area contributed by atoms with Crippen LogP contribution in [-0.4, -0.2) is 29.2 Å². The van der Waals surface area contributed by atoms with Gasteiger partial charge in [0, 0.05) is 24.4 Å². The van der Waals surface area contributed by atoms with E-state index in [0.717, 1.165) is 11.3 Å². The number of halogens is 1. The first-order valence-electron chi connectivity index (χ1n) is 9.26. The number of carbonyl (C=O) groups is 1. The predicted molar refractivity (Wildman–Crippen MR) is 104 cm³/mol. The Morgan fingerprint density at radius 3 is 2.59 bits per heavy atom. The van der Waals surface area contributed by atoms with Gasteiger partial charge in [0.15, 0.2) is 6.10 Å². The van der Waals surface area contributed by atoms with Gasteiger partial charge in [0.2, 0.25) is 5.91 Å². The largest absolute Gasteiger partial charge is 0.390 e. The highest BCUT2D eigenvalue weighted by Gasteiger charge is 2.28. The van der Waals surface area contributed by atoms with Crippen molar-refractivity contribution in [3.8, 4) is 0 Å². The molecule has 1 aliphatic heterocycles. The lowest BCUT2D eigenvalue weighted by Crippen LogP contribution is -2.39. The second kappa shape index (κ2) is 8.33. The second-order valence-corrected chi connectivity index (χ2v) is 7.30. The summed E-state index contributed by atoms with van der Waals surface area (Å²) in [5.41, 5.74) is 3.60. The number of aryl methyl sites for hydroxylation is 1. The maximum absolute atomic E-state index is 14.1. The Kier molecular flexibility index (Phi) is 5.89. The molecule has 2 aromatic carbocycles. The van der Waals surface area contributed by atoms with Gasteiger partial charge in [-0.15, -0.1) is 0 Å². The van der Waals surface area contributed by atoms with Crippen LogP contribution in [-0.2, 0) is 16.2 Å². The van der Waals surface area contributed by atoms with Crippen LogP contribution in [0, 0.1) is 18.7 Å². The third kappa shape index (κ3) is 4.73. The zero-order valence-electron chi connectivity index (χ0n) is 16.0. The summed E-state index contributed by atoms with van der Waals surface area (Å²) in [4.78, 5) is 19.9. The van der Waals surface area contributed by atoms with E-state index >= 15 is 0 Å². The van der Waals surface area contributed by atoms with Crippen LogP contribution < -0.4 is 0 Å². The fourth-order valence-corrected chi connectivity index (χ4v) is 3.12. The van der Waals surface area contributed by atoms with Crippen molar-refractivity contribution < 1.29 is 14.0 Å². The van der Waals surface area contributed by atoms with E-state index < -0.39 is 0 Å². The lowest BCUT2D eigenvalue weighted by Gasteiger charge is -2.26. The summed E-state index contributed by atoms with van der Waals surface area (Å²) in [5, 5.41) is 4.20. The number of hydrogen-bond donors (Lipinski definition) is 0. The van der Waals surface area contributed by atoms with Crippen LogP contribution in [0.25, 0.3) is 0 Å². The molecule has 5 heteroatoms. The molecule has 1 aliphatic rings. The molecule has 0 aromatic heterocycles. The first-order chi connectivity index (χ1) is 12.9. The lowest BCUT2D eigenvalue weighted by atomic mass is 10.0. The van der Waals surface area contributed by atoms with E-state index in [1.165, 1.54) is 11.6 Å². The van der Waals surface area contributed by atoms with Gasteiger partial charge in [0.25, 0.3) is 0 Å². The Bertz CT molecular complexity index is 830. The summed E-state index contributed by atoms with van der Waals surface area (Å²) >= 11 is 0. The Morgan fingerprint density at radius 2 is 1.93 bits per heavy atom. The molecule has 1 atom stereocenters. The van der Waals surface area contributed by atoms with Crippen molar-refractivity contribution in [2.24, 2.45) is 11.1 Å². The smallest absolute Gasteiger partial charge is 0.225 e. The van der Waals surface area contributed by atoms with Crippen LogP contribution in [0.1, 0.15) is 37.0 Å². The van der Waals surface area contributed by atoms with Crippen molar-refractivity contribution in [2.45, 2.75) is 39.8 Å². The van der Waals surface area contributed by atoms with Gasteiger partial charge in [-0.2, -0.15) is 0 Å². The van der Waals surface area contributed by atoms with Gasteiger partial charge in [0.05, 0.1) is 12.3 Å². The molecular formula is C22H25FN2O2. The zero-order chi connectivity index (χ0) is 19.4. The summed E-state index contributed by atoms with van der Waals surface area (Å²) < 4.78 is 14.1. The molecule has 1 heterocycles. The fourth-order valence-electron chi connectivity index (χ4n) is 3.12. The standard InChI is InChI=1S/C22H25FN2O2/c1-15(2)22(26)25(13-18-6-4-5-7-20(18)23)14-19-12-21(24-27-19)17-10-8-16(3)9-11-17/h4-11,15,19H,12-14H2,1-3H3. The first-order valence-corrected chi connectivity index (χ1v) is 9.26. The van der Waals surface area contributed by atoms with Crippen molar-refractivity contribution in [1.29, 1.82) is 0 Å². The van der Waals surface area contributed by atoms with Crippen LogP contribution in [0.2, 0.25) is 0 Å². The minimum atomic E-state index is -0.303. The normalized spacial score (nSPS) is 16.2. The summed E-state index contributed by atoms with van der Waals surface area (Å²) in [6.07, 6.45) is 0.401. The molecule has 1 amide bonds. The fraction of sp³-hybridized carbons (Fsp3) is 0.364. The second-order valence-electron chi connectivity index (χ2n) is 7.30. The Labute approximate surface area is 159 Å². The minimum absolute atomic E-state index is 0.0226. The van der Waals surface area contributed by atoms with Crippen LogP contribution >= 0.6 is 0 Å². The molecular weight excluding hydrogens is 343 g/mol. The van der Waals surface area contributed by atoms with Gasteiger partial charge in [-0.25, -0.2) is 4.39 Å². The molecule has 0 bridgehead atoms. The molecule has 0 saturated carbocycles. The van der Waals surface area contributed by atoms with E-state index in [1.54, 1.807) is 23.1 Å².